The summed E-state index contributed by atoms with van der Waals surface area (Å²) in [7, 11) is 0. The Kier molecular flexibility index (Phi) is 5.04. The number of rotatable bonds is 4. The van der Waals surface area contributed by atoms with E-state index in [4.69, 9.17) is 0 Å². The average Bonchev–Trinajstić information content (AvgIpc) is 3.34. The summed E-state index contributed by atoms with van der Waals surface area (Å²) in [6, 6.07) is 50.0. The van der Waals surface area contributed by atoms with E-state index >= 15 is 0 Å². The highest BCUT2D eigenvalue weighted by Gasteiger charge is 2.20. The van der Waals surface area contributed by atoms with Gasteiger partial charge >= 0.3 is 0 Å². The second-order valence-electron chi connectivity index (χ2n) is 8.97. The van der Waals surface area contributed by atoms with Crippen molar-refractivity contribution in [2.24, 2.45) is 0 Å². The van der Waals surface area contributed by atoms with Crippen LogP contribution in [0.1, 0.15) is 0 Å². The van der Waals surface area contributed by atoms with Crippen molar-refractivity contribution < 1.29 is 0 Å². The predicted octanol–water partition coefficient (Wildman–Crippen LogP) is 10.3. The first-order valence-electron chi connectivity index (χ1n) is 12.2. The molecule has 0 amide bonds. The number of anilines is 3. The zero-order chi connectivity index (χ0) is 23.9. The van der Waals surface area contributed by atoms with Gasteiger partial charge in [0, 0.05) is 36.9 Å². The van der Waals surface area contributed by atoms with Crippen LogP contribution in [0.15, 0.2) is 140 Å². The maximum atomic E-state index is 2.41. The van der Waals surface area contributed by atoms with Gasteiger partial charge in [0.1, 0.15) is 0 Å². The van der Waals surface area contributed by atoms with Crippen LogP contribution in [0.4, 0.5) is 17.1 Å². The zero-order valence-corrected chi connectivity index (χ0v) is 20.5. The molecule has 7 aromatic rings. The summed E-state index contributed by atoms with van der Waals surface area (Å²) in [6.07, 6.45) is 0. The van der Waals surface area contributed by atoms with E-state index < -0.39 is 0 Å². The Hall–Kier alpha value is -4.40. The van der Waals surface area contributed by atoms with E-state index in [1.54, 1.807) is 0 Å². The number of benzene rings is 6. The highest BCUT2D eigenvalue weighted by Crippen LogP contribution is 2.48. The molecule has 0 aliphatic carbocycles. The maximum absolute atomic E-state index is 2.41. The third-order valence-corrected chi connectivity index (χ3v) is 8.04. The van der Waals surface area contributed by atoms with E-state index in [0.717, 1.165) is 11.4 Å². The number of hydrogen-bond acceptors (Lipinski definition) is 2. The van der Waals surface area contributed by atoms with Gasteiger partial charge in [-0.2, -0.15) is 0 Å². The number of para-hydroxylation sites is 2. The molecule has 0 bridgehead atoms. The standard InChI is InChI=1S/C34H23NS/c1-4-13-24(14-5-1)29-23-30-33-31(35(25-15-6-2-7-16-25)26-17-8-3-9-18-26)21-12-22-32(33)36-34(30)28-20-11-10-19-27(28)29/h1-23H. The van der Waals surface area contributed by atoms with E-state index in [-0.39, 0.29) is 0 Å². The summed E-state index contributed by atoms with van der Waals surface area (Å²) in [5.41, 5.74) is 6.03. The van der Waals surface area contributed by atoms with Crippen LogP contribution >= 0.6 is 11.3 Å². The molecule has 0 aliphatic rings. The van der Waals surface area contributed by atoms with Crippen molar-refractivity contribution in [2.45, 2.75) is 0 Å². The molecule has 1 heterocycles. The van der Waals surface area contributed by atoms with Crippen molar-refractivity contribution in [3.8, 4) is 11.1 Å². The molecule has 0 radical (unpaired) electrons. The second kappa shape index (κ2) is 8.67. The molecule has 170 valence electrons. The fraction of sp³-hybridized carbons (Fsp3) is 0. The van der Waals surface area contributed by atoms with Gasteiger partial charge in [-0.25, -0.2) is 0 Å². The van der Waals surface area contributed by atoms with E-state index in [1.165, 1.54) is 47.8 Å². The van der Waals surface area contributed by atoms with Gasteiger partial charge in [0.15, 0.2) is 0 Å². The Balaban J connectivity index is 1.60. The van der Waals surface area contributed by atoms with Crippen LogP contribution in [0.5, 0.6) is 0 Å². The Bertz CT molecular complexity index is 1780. The molecule has 1 nitrogen and oxygen atoms in total. The molecule has 0 unspecified atom stereocenters. The Morgan fingerprint density at radius 1 is 0.472 bits per heavy atom. The summed E-state index contributed by atoms with van der Waals surface area (Å²) in [5.74, 6) is 0. The monoisotopic (exact) mass is 477 g/mol. The summed E-state index contributed by atoms with van der Waals surface area (Å²) >= 11 is 1.89. The van der Waals surface area contributed by atoms with E-state index in [0.29, 0.717) is 0 Å². The van der Waals surface area contributed by atoms with Crippen molar-refractivity contribution in [2.75, 3.05) is 4.90 Å². The Morgan fingerprint density at radius 2 is 1.06 bits per heavy atom. The van der Waals surface area contributed by atoms with Gasteiger partial charge in [0.05, 0.1) is 5.69 Å². The van der Waals surface area contributed by atoms with Gasteiger partial charge in [0.25, 0.3) is 0 Å². The van der Waals surface area contributed by atoms with Crippen LogP contribution in [-0.4, -0.2) is 0 Å². The Labute approximate surface area is 214 Å². The lowest BCUT2D eigenvalue weighted by Crippen LogP contribution is -2.09. The zero-order valence-electron chi connectivity index (χ0n) is 19.6. The summed E-state index contributed by atoms with van der Waals surface area (Å²) in [6.45, 7) is 0. The van der Waals surface area contributed by atoms with Gasteiger partial charge in [-0.3, -0.25) is 0 Å². The first-order valence-corrected chi connectivity index (χ1v) is 13.0. The molecule has 0 fully saturated rings. The fourth-order valence-electron chi connectivity index (χ4n) is 5.25. The summed E-state index contributed by atoms with van der Waals surface area (Å²) in [5, 5.41) is 5.22. The minimum absolute atomic E-state index is 1.15. The van der Waals surface area contributed by atoms with E-state index in [9.17, 15) is 0 Å². The highest BCUT2D eigenvalue weighted by molar-refractivity contribution is 7.26. The van der Waals surface area contributed by atoms with Crippen LogP contribution in [0.25, 0.3) is 42.1 Å². The molecule has 0 atom stereocenters. The van der Waals surface area contributed by atoms with Gasteiger partial charge in [0.2, 0.25) is 0 Å². The van der Waals surface area contributed by atoms with Crippen molar-refractivity contribution in [1.82, 2.24) is 0 Å². The van der Waals surface area contributed by atoms with Crippen molar-refractivity contribution >= 4 is 59.3 Å². The number of thiophene rings is 1. The lowest BCUT2D eigenvalue weighted by atomic mass is 9.95. The topological polar surface area (TPSA) is 3.24 Å². The molecule has 0 saturated carbocycles. The first-order chi connectivity index (χ1) is 17.9. The van der Waals surface area contributed by atoms with Crippen molar-refractivity contribution in [3.05, 3.63) is 140 Å². The average molecular weight is 478 g/mol. The molecule has 0 N–H and O–H groups in total. The lowest BCUT2D eigenvalue weighted by Gasteiger charge is -2.26. The third kappa shape index (κ3) is 3.38. The molecule has 0 spiro atoms. The predicted molar refractivity (Wildman–Crippen MR) is 157 cm³/mol. The van der Waals surface area contributed by atoms with Crippen LogP contribution < -0.4 is 4.90 Å². The largest absolute Gasteiger partial charge is 0.310 e. The fourth-order valence-corrected chi connectivity index (χ4v) is 6.50. The minimum atomic E-state index is 1.15. The highest BCUT2D eigenvalue weighted by atomic mass is 32.1. The SMILES string of the molecule is c1ccc(-c2cc3c(sc4cccc(N(c5ccccc5)c5ccccc5)c43)c3ccccc23)cc1. The number of fused-ring (bicyclic) bond motifs is 5. The quantitative estimate of drug-likeness (QED) is 0.244. The third-order valence-electron chi connectivity index (χ3n) is 6.84. The van der Waals surface area contributed by atoms with Crippen LogP contribution in [0.2, 0.25) is 0 Å². The molecular formula is C34H23NS. The lowest BCUT2D eigenvalue weighted by molar-refractivity contribution is 1.30. The normalized spacial score (nSPS) is 11.3. The molecular weight excluding hydrogens is 454 g/mol. The van der Waals surface area contributed by atoms with Gasteiger partial charge in [-0.15, -0.1) is 11.3 Å². The van der Waals surface area contributed by atoms with Crippen molar-refractivity contribution in [3.63, 3.8) is 0 Å². The minimum Gasteiger partial charge on any atom is -0.310 e. The number of nitrogens with zero attached hydrogens (tertiary/aromatic N) is 1. The molecule has 0 aliphatic heterocycles. The summed E-state index contributed by atoms with van der Waals surface area (Å²) in [4.78, 5) is 2.38. The summed E-state index contributed by atoms with van der Waals surface area (Å²) < 4.78 is 2.64. The molecule has 0 saturated heterocycles. The van der Waals surface area contributed by atoms with Gasteiger partial charge in [-0.1, -0.05) is 97.1 Å². The van der Waals surface area contributed by atoms with Crippen molar-refractivity contribution in [1.29, 1.82) is 0 Å². The number of hydrogen-bond donors (Lipinski definition) is 0. The van der Waals surface area contributed by atoms with E-state index in [2.05, 4.69) is 144 Å². The van der Waals surface area contributed by atoms with Gasteiger partial charge < -0.3 is 4.90 Å². The Morgan fingerprint density at radius 3 is 1.72 bits per heavy atom. The van der Waals surface area contributed by atoms with E-state index in [1.807, 2.05) is 11.3 Å². The maximum Gasteiger partial charge on any atom is 0.0554 e. The molecule has 7 rings (SSSR count). The van der Waals surface area contributed by atoms with Crippen LogP contribution in [-0.2, 0) is 0 Å². The molecule has 2 heteroatoms. The molecule has 36 heavy (non-hydrogen) atoms. The van der Waals surface area contributed by atoms with Gasteiger partial charge in [-0.05, 0) is 59.0 Å². The first kappa shape index (κ1) is 20.9. The second-order valence-corrected chi connectivity index (χ2v) is 10.0. The molecule has 1 aromatic heterocycles. The molecule has 6 aromatic carbocycles. The smallest absolute Gasteiger partial charge is 0.0554 e. The van der Waals surface area contributed by atoms with Crippen LogP contribution in [0, 0.1) is 0 Å². The van der Waals surface area contributed by atoms with Crippen LogP contribution in [0.3, 0.4) is 0 Å².